The fourth-order valence-electron chi connectivity index (χ4n) is 1.97. The molecule has 0 unspecified atom stereocenters. The van der Waals surface area contributed by atoms with Gasteiger partial charge in [-0.15, -0.1) is 6.07 Å². The van der Waals surface area contributed by atoms with Gasteiger partial charge in [0.2, 0.25) is 5.56 Å². The summed E-state index contributed by atoms with van der Waals surface area (Å²) >= 11 is 12.1. The summed E-state index contributed by atoms with van der Waals surface area (Å²) in [6.45, 7) is 4.85. The first-order valence-corrected chi connectivity index (χ1v) is 7.07. The molecular weight excluding hydrogens is 386 g/mol. The number of benzene rings is 1. The Morgan fingerprint density at radius 1 is 1.24 bits per heavy atom. The Kier molecular flexibility index (Phi) is 7.42. The summed E-state index contributed by atoms with van der Waals surface area (Å²) in [6, 6.07) is 9.85. The molecule has 0 aliphatic heterocycles. The normalized spacial score (nSPS) is 10.1. The topological polar surface area (TPSA) is 31.2 Å². The molecule has 3 nitrogen and oxygen atoms in total. The zero-order chi connectivity index (χ0) is 14.7. The van der Waals surface area contributed by atoms with Gasteiger partial charge in [0, 0.05) is 44.3 Å². The van der Waals surface area contributed by atoms with E-state index in [-0.39, 0.29) is 43.3 Å². The molecular formula is C15H14Cl2NO2Y-. The third kappa shape index (κ3) is 4.10. The number of hydrogen-bond donors (Lipinski definition) is 0. The molecule has 21 heavy (non-hydrogen) atoms. The van der Waals surface area contributed by atoms with Crippen LogP contribution in [0.1, 0.15) is 13.8 Å². The maximum Gasteiger partial charge on any atom is 0.212 e. The van der Waals surface area contributed by atoms with Crippen LogP contribution < -0.4 is 10.3 Å². The predicted octanol–water partition coefficient (Wildman–Crippen LogP) is 4.04. The van der Waals surface area contributed by atoms with Crippen LogP contribution in [-0.4, -0.2) is 11.2 Å². The minimum absolute atomic E-state index is 0. The van der Waals surface area contributed by atoms with E-state index in [0.29, 0.717) is 29.6 Å². The van der Waals surface area contributed by atoms with E-state index in [0.717, 1.165) is 5.56 Å². The molecule has 0 aliphatic rings. The number of halogens is 2. The van der Waals surface area contributed by atoms with Gasteiger partial charge in [0.05, 0.1) is 6.61 Å². The number of ether oxygens (including phenoxy) is 1. The van der Waals surface area contributed by atoms with Crippen molar-refractivity contribution in [2.75, 3.05) is 6.61 Å². The average molecular weight is 400 g/mol. The molecule has 0 saturated heterocycles. The number of rotatable bonds is 4. The molecule has 0 spiro atoms. The van der Waals surface area contributed by atoms with Gasteiger partial charge in [-0.1, -0.05) is 22.9 Å². The van der Waals surface area contributed by atoms with E-state index in [1.807, 2.05) is 26.0 Å². The molecule has 0 aliphatic carbocycles. The van der Waals surface area contributed by atoms with Crippen LogP contribution in [0.3, 0.4) is 0 Å². The van der Waals surface area contributed by atoms with Gasteiger partial charge in [0.15, 0.2) is 0 Å². The summed E-state index contributed by atoms with van der Waals surface area (Å²) in [7, 11) is 0. The minimum Gasteiger partial charge on any atom is -0.494 e. The summed E-state index contributed by atoms with van der Waals surface area (Å²) in [5, 5.41) is 0.661. The van der Waals surface area contributed by atoms with Crippen LogP contribution in [0.15, 0.2) is 29.1 Å². The van der Waals surface area contributed by atoms with Crippen molar-refractivity contribution in [3.63, 3.8) is 0 Å². The van der Waals surface area contributed by atoms with Crippen LogP contribution in [0.25, 0.3) is 11.3 Å². The third-order valence-electron chi connectivity index (χ3n) is 2.88. The smallest absolute Gasteiger partial charge is 0.212 e. The Balaban J connectivity index is 0.00000220. The number of pyridine rings is 1. The van der Waals surface area contributed by atoms with Crippen molar-refractivity contribution in [2.24, 2.45) is 0 Å². The molecule has 0 fully saturated rings. The van der Waals surface area contributed by atoms with Gasteiger partial charge >= 0.3 is 0 Å². The quantitative estimate of drug-likeness (QED) is 0.726. The van der Waals surface area contributed by atoms with E-state index in [9.17, 15) is 4.79 Å². The second kappa shape index (κ2) is 8.33. The van der Waals surface area contributed by atoms with Crippen molar-refractivity contribution < 1.29 is 37.4 Å². The average Bonchev–Trinajstić information content (AvgIpc) is 2.43. The Labute approximate surface area is 159 Å². The van der Waals surface area contributed by atoms with Gasteiger partial charge < -0.3 is 9.30 Å². The molecule has 0 atom stereocenters. The van der Waals surface area contributed by atoms with Crippen LogP contribution in [0.2, 0.25) is 10.0 Å². The van der Waals surface area contributed by atoms with E-state index in [4.69, 9.17) is 27.9 Å². The third-order valence-corrected chi connectivity index (χ3v) is 3.46. The van der Waals surface area contributed by atoms with Crippen molar-refractivity contribution in [2.45, 2.75) is 20.4 Å². The van der Waals surface area contributed by atoms with Crippen LogP contribution >= 0.6 is 23.2 Å². The van der Waals surface area contributed by atoms with E-state index in [1.54, 1.807) is 10.6 Å². The largest absolute Gasteiger partial charge is 0.494 e. The van der Waals surface area contributed by atoms with Gasteiger partial charge in [-0.3, -0.25) is 4.79 Å². The van der Waals surface area contributed by atoms with Crippen LogP contribution in [-0.2, 0) is 39.3 Å². The van der Waals surface area contributed by atoms with Crippen molar-refractivity contribution in [1.29, 1.82) is 0 Å². The van der Waals surface area contributed by atoms with Gasteiger partial charge in [-0.25, -0.2) is 0 Å². The summed E-state index contributed by atoms with van der Waals surface area (Å²) < 4.78 is 6.94. The van der Waals surface area contributed by atoms with Crippen molar-refractivity contribution in [1.82, 2.24) is 4.57 Å². The first-order valence-electron chi connectivity index (χ1n) is 6.32. The molecule has 1 aromatic heterocycles. The van der Waals surface area contributed by atoms with E-state index >= 15 is 0 Å². The summed E-state index contributed by atoms with van der Waals surface area (Å²) in [4.78, 5) is 12.0. The summed E-state index contributed by atoms with van der Waals surface area (Å²) in [6.07, 6.45) is 0. The zero-order valence-corrected chi connectivity index (χ0v) is 16.2. The molecule has 0 N–H and O–H groups in total. The van der Waals surface area contributed by atoms with Crippen LogP contribution in [0.4, 0.5) is 0 Å². The number of aromatic nitrogens is 1. The molecule has 1 radical (unpaired) electrons. The van der Waals surface area contributed by atoms with Gasteiger partial charge in [0.25, 0.3) is 0 Å². The molecule has 2 aromatic rings. The van der Waals surface area contributed by atoms with Crippen molar-refractivity contribution in [3.05, 3.63) is 50.7 Å². The SMILES string of the molecule is CCOc1ccc(-c2[c-]cc(Cl)c(=O)n2CC)c(Cl)c1.[Y]. The predicted molar refractivity (Wildman–Crippen MR) is 81.8 cm³/mol. The standard InChI is InChI=1S/C15H14Cl2NO2.Y/c1-3-18-14(8-7-12(16)15(18)19)11-6-5-10(20-4-2)9-13(11)17;/h5-7,9H,3-4H2,1-2H3;/q-1;. The number of hydrogen-bond acceptors (Lipinski definition) is 2. The molecule has 0 saturated carbocycles. The van der Waals surface area contributed by atoms with E-state index < -0.39 is 0 Å². The van der Waals surface area contributed by atoms with Crippen LogP contribution in [0.5, 0.6) is 5.75 Å². The first-order chi connectivity index (χ1) is 9.58. The fraction of sp³-hybridized carbons (Fsp3) is 0.267. The Hall–Kier alpha value is -0.346. The summed E-state index contributed by atoms with van der Waals surface area (Å²) in [5.41, 5.74) is 1.11. The zero-order valence-electron chi connectivity index (χ0n) is 11.8. The van der Waals surface area contributed by atoms with Gasteiger partial charge in [-0.2, -0.15) is 23.7 Å². The summed E-state index contributed by atoms with van der Waals surface area (Å²) in [5.74, 6) is 0.695. The maximum absolute atomic E-state index is 12.0. The van der Waals surface area contributed by atoms with Gasteiger partial charge in [-0.05, 0) is 31.0 Å². The minimum atomic E-state index is -0.243. The van der Waals surface area contributed by atoms with Crippen LogP contribution in [0, 0.1) is 6.07 Å². The molecule has 0 amide bonds. The maximum atomic E-state index is 12.0. The Morgan fingerprint density at radius 3 is 2.52 bits per heavy atom. The van der Waals surface area contributed by atoms with Gasteiger partial charge in [0.1, 0.15) is 5.75 Å². The second-order valence-electron chi connectivity index (χ2n) is 4.11. The van der Waals surface area contributed by atoms with Crippen molar-refractivity contribution in [3.8, 4) is 17.0 Å². The fourth-order valence-corrected chi connectivity index (χ4v) is 2.39. The van der Waals surface area contributed by atoms with Crippen molar-refractivity contribution >= 4 is 23.2 Å². The molecule has 1 heterocycles. The first kappa shape index (κ1) is 18.7. The van der Waals surface area contributed by atoms with E-state index in [1.165, 1.54) is 6.07 Å². The molecule has 2 rings (SSSR count). The monoisotopic (exact) mass is 399 g/mol. The molecule has 0 bridgehead atoms. The molecule has 109 valence electrons. The molecule has 1 aromatic carbocycles. The number of nitrogens with zero attached hydrogens (tertiary/aromatic N) is 1. The molecule has 6 heteroatoms. The Bertz CT molecular complexity index is 686. The Morgan fingerprint density at radius 2 is 1.95 bits per heavy atom. The van der Waals surface area contributed by atoms with E-state index in [2.05, 4.69) is 6.07 Å². The second-order valence-corrected chi connectivity index (χ2v) is 4.92.